The topological polar surface area (TPSA) is 17.1 Å². The van der Waals surface area contributed by atoms with Crippen LogP contribution in [-0.2, 0) is 11.2 Å². The Bertz CT molecular complexity index is 493. The third-order valence-electron chi connectivity index (χ3n) is 2.14. The summed E-state index contributed by atoms with van der Waals surface area (Å²) in [6.45, 7) is 0. The molecule has 0 aliphatic rings. The normalized spacial score (nSPS) is 10.4. The zero-order valence-electron chi connectivity index (χ0n) is 9.06. The van der Waals surface area contributed by atoms with Gasteiger partial charge in [-0.25, -0.2) is 0 Å². The minimum absolute atomic E-state index is 0.271. The van der Waals surface area contributed by atoms with Gasteiger partial charge in [0.05, 0.1) is 5.75 Å². The molecule has 0 aliphatic heterocycles. The van der Waals surface area contributed by atoms with E-state index in [0.717, 1.165) is 14.2 Å². The van der Waals surface area contributed by atoms with Crippen molar-refractivity contribution in [1.82, 2.24) is 0 Å². The van der Waals surface area contributed by atoms with E-state index >= 15 is 0 Å². The largest absolute Gasteiger partial charge is 0.298 e. The van der Waals surface area contributed by atoms with E-state index in [0.29, 0.717) is 12.2 Å². The van der Waals surface area contributed by atoms with Gasteiger partial charge >= 0.3 is 0 Å². The Labute approximate surface area is 117 Å². The van der Waals surface area contributed by atoms with Crippen LogP contribution in [0.1, 0.15) is 4.88 Å². The average molecular weight is 327 g/mol. The molecule has 1 heterocycles. The van der Waals surface area contributed by atoms with E-state index in [4.69, 9.17) is 0 Å². The minimum atomic E-state index is 0.271. The lowest BCUT2D eigenvalue weighted by Gasteiger charge is -1.99. The van der Waals surface area contributed by atoms with E-state index < -0.39 is 0 Å². The molecule has 0 saturated heterocycles. The Morgan fingerprint density at radius 1 is 1.29 bits per heavy atom. The number of hydrogen-bond acceptors (Lipinski definition) is 3. The van der Waals surface area contributed by atoms with Gasteiger partial charge in [0.25, 0.3) is 0 Å². The van der Waals surface area contributed by atoms with Crippen LogP contribution in [0.15, 0.2) is 51.1 Å². The maximum Gasteiger partial charge on any atom is 0.148 e. The van der Waals surface area contributed by atoms with E-state index in [-0.39, 0.29) is 5.78 Å². The van der Waals surface area contributed by atoms with Gasteiger partial charge in [0.15, 0.2) is 0 Å². The summed E-state index contributed by atoms with van der Waals surface area (Å²) >= 11 is 6.61. The second-order valence-corrected chi connectivity index (χ2v) is 6.51. The van der Waals surface area contributed by atoms with Gasteiger partial charge < -0.3 is 0 Å². The molecule has 0 fully saturated rings. The number of Topliss-reactive ketones (excluding diaryl/α,β-unsaturated/α-hetero) is 1. The predicted molar refractivity (Wildman–Crippen MR) is 77.9 cm³/mol. The Kier molecular flexibility index (Phi) is 4.83. The Morgan fingerprint density at radius 3 is 2.71 bits per heavy atom. The summed E-state index contributed by atoms with van der Waals surface area (Å²) in [7, 11) is 0. The highest BCUT2D eigenvalue weighted by atomic mass is 79.9. The van der Waals surface area contributed by atoms with Crippen molar-refractivity contribution in [3.05, 3.63) is 51.1 Å². The van der Waals surface area contributed by atoms with Gasteiger partial charge in [-0.05, 0) is 34.1 Å². The Balaban J connectivity index is 1.82. The van der Waals surface area contributed by atoms with Crippen LogP contribution in [0.25, 0.3) is 0 Å². The number of ketones is 1. The van der Waals surface area contributed by atoms with Gasteiger partial charge in [-0.15, -0.1) is 23.1 Å². The molecule has 0 amide bonds. The van der Waals surface area contributed by atoms with Gasteiger partial charge in [0, 0.05) is 26.0 Å². The molecule has 4 heteroatoms. The first-order valence-corrected chi connectivity index (χ1v) is 7.82. The zero-order chi connectivity index (χ0) is 12.1. The summed E-state index contributed by atoms with van der Waals surface area (Å²) < 4.78 is 1.06. The number of thiophene rings is 1. The minimum Gasteiger partial charge on any atom is -0.298 e. The zero-order valence-corrected chi connectivity index (χ0v) is 12.3. The molecular formula is C13H11BrOS2. The van der Waals surface area contributed by atoms with E-state index in [1.54, 1.807) is 23.1 Å². The van der Waals surface area contributed by atoms with E-state index in [1.807, 2.05) is 41.8 Å². The molecule has 0 radical (unpaired) electrons. The lowest BCUT2D eigenvalue weighted by Crippen LogP contribution is -2.04. The maximum atomic E-state index is 11.8. The van der Waals surface area contributed by atoms with Crippen LogP contribution >= 0.6 is 39.0 Å². The van der Waals surface area contributed by atoms with Crippen LogP contribution in [-0.4, -0.2) is 11.5 Å². The fourth-order valence-corrected chi connectivity index (χ4v) is 3.63. The molecule has 0 spiro atoms. The first-order chi connectivity index (χ1) is 8.24. The first kappa shape index (κ1) is 12.9. The van der Waals surface area contributed by atoms with Crippen LogP contribution in [0, 0.1) is 0 Å². The van der Waals surface area contributed by atoms with Crippen molar-refractivity contribution < 1.29 is 4.79 Å². The first-order valence-electron chi connectivity index (χ1n) is 5.16. The second kappa shape index (κ2) is 6.38. The number of hydrogen-bond donors (Lipinski definition) is 0. The van der Waals surface area contributed by atoms with Crippen LogP contribution in [0.5, 0.6) is 0 Å². The van der Waals surface area contributed by atoms with Crippen molar-refractivity contribution in [2.45, 2.75) is 11.3 Å². The molecule has 1 aromatic heterocycles. The van der Waals surface area contributed by atoms with Crippen LogP contribution < -0.4 is 0 Å². The van der Waals surface area contributed by atoms with Gasteiger partial charge in [0.1, 0.15) is 5.78 Å². The molecule has 1 nitrogen and oxygen atoms in total. The highest BCUT2D eigenvalue weighted by Gasteiger charge is 2.06. The molecule has 2 rings (SSSR count). The van der Waals surface area contributed by atoms with E-state index in [9.17, 15) is 4.79 Å². The summed E-state index contributed by atoms with van der Waals surface area (Å²) in [5, 5.41) is 2.01. The number of benzene rings is 1. The third kappa shape index (κ3) is 4.30. The van der Waals surface area contributed by atoms with Crippen molar-refractivity contribution in [3.8, 4) is 0 Å². The summed E-state index contributed by atoms with van der Waals surface area (Å²) in [4.78, 5) is 14.0. The fourth-order valence-electron chi connectivity index (χ4n) is 1.37. The average Bonchev–Trinajstić information content (AvgIpc) is 2.73. The molecule has 0 unspecified atom stereocenters. The summed E-state index contributed by atoms with van der Waals surface area (Å²) in [5.74, 6) is 0.813. The number of thioether (sulfide) groups is 1. The summed E-state index contributed by atoms with van der Waals surface area (Å²) in [6.07, 6.45) is 0.538. The third-order valence-corrected chi connectivity index (χ3v) is 4.91. The van der Waals surface area contributed by atoms with Gasteiger partial charge in [0.2, 0.25) is 0 Å². The van der Waals surface area contributed by atoms with E-state index in [1.165, 1.54) is 0 Å². The van der Waals surface area contributed by atoms with Gasteiger partial charge in [-0.2, -0.15) is 0 Å². The Hall–Kier alpha value is -0.580. The van der Waals surface area contributed by atoms with Crippen molar-refractivity contribution >= 4 is 44.8 Å². The van der Waals surface area contributed by atoms with Crippen molar-refractivity contribution in [2.75, 3.05) is 5.75 Å². The van der Waals surface area contributed by atoms with Gasteiger partial charge in [-0.1, -0.05) is 18.2 Å². The predicted octanol–water partition coefficient (Wildman–Crippen LogP) is 4.41. The van der Waals surface area contributed by atoms with Crippen molar-refractivity contribution in [2.24, 2.45) is 0 Å². The molecule has 0 atom stereocenters. The quantitative estimate of drug-likeness (QED) is 0.757. The SMILES string of the molecule is O=C(CSc1ccccc1)Cc1cc(Br)cs1. The van der Waals surface area contributed by atoms with Crippen LogP contribution in [0.3, 0.4) is 0 Å². The molecule has 0 aliphatic carbocycles. The molecule has 1 aromatic carbocycles. The molecule has 0 bridgehead atoms. The van der Waals surface area contributed by atoms with Crippen LogP contribution in [0.2, 0.25) is 0 Å². The fraction of sp³-hybridized carbons (Fsp3) is 0.154. The number of carbonyl (C=O) groups excluding carboxylic acids is 1. The molecule has 88 valence electrons. The van der Waals surface area contributed by atoms with Crippen LogP contribution in [0.4, 0.5) is 0 Å². The smallest absolute Gasteiger partial charge is 0.148 e. The molecule has 17 heavy (non-hydrogen) atoms. The highest BCUT2D eigenvalue weighted by molar-refractivity contribution is 9.10. The number of carbonyl (C=O) groups is 1. The molecule has 0 saturated carbocycles. The summed E-state index contributed by atoms with van der Waals surface area (Å²) in [6, 6.07) is 12.0. The highest BCUT2D eigenvalue weighted by Crippen LogP contribution is 2.22. The Morgan fingerprint density at radius 2 is 2.06 bits per heavy atom. The lowest BCUT2D eigenvalue weighted by molar-refractivity contribution is -0.115. The van der Waals surface area contributed by atoms with Crippen molar-refractivity contribution in [1.29, 1.82) is 0 Å². The maximum absolute atomic E-state index is 11.8. The lowest BCUT2D eigenvalue weighted by atomic mass is 10.3. The molecule has 2 aromatic rings. The monoisotopic (exact) mass is 326 g/mol. The van der Waals surface area contributed by atoms with Gasteiger partial charge in [-0.3, -0.25) is 4.79 Å². The molecule has 0 N–H and O–H groups in total. The number of halogens is 1. The van der Waals surface area contributed by atoms with Crippen molar-refractivity contribution in [3.63, 3.8) is 0 Å². The number of rotatable bonds is 5. The summed E-state index contributed by atoms with van der Waals surface area (Å²) in [5.41, 5.74) is 0. The molecular weight excluding hydrogens is 316 g/mol. The standard InChI is InChI=1S/C13H11BrOS2/c14-10-6-13(16-8-10)7-11(15)9-17-12-4-2-1-3-5-12/h1-6,8H,7,9H2. The van der Waals surface area contributed by atoms with E-state index in [2.05, 4.69) is 15.9 Å². The second-order valence-electron chi connectivity index (χ2n) is 3.55.